The Kier molecular flexibility index (Phi) is 6.25. The maximum Gasteiger partial charge on any atom is 0.303 e. The van der Waals surface area contributed by atoms with E-state index in [1.54, 1.807) is 0 Å². The van der Waals surface area contributed by atoms with Crippen LogP contribution in [0.2, 0.25) is 0 Å². The molecule has 4 aliphatic carbocycles. The van der Waals surface area contributed by atoms with Crippen LogP contribution in [0, 0.1) is 45.3 Å². The number of rotatable bonds is 8. The van der Waals surface area contributed by atoms with Gasteiger partial charge < -0.3 is 10.2 Å². The van der Waals surface area contributed by atoms with Crippen LogP contribution < -0.4 is 0 Å². The lowest BCUT2D eigenvalue weighted by atomic mass is 9.42. The van der Waals surface area contributed by atoms with Crippen LogP contribution in [0.3, 0.4) is 0 Å². The van der Waals surface area contributed by atoms with E-state index in [0.29, 0.717) is 23.7 Å². The number of aliphatic hydroxyl groups is 1. The third-order valence-electron chi connectivity index (χ3n) is 11.8. The molecule has 0 radical (unpaired) electrons. The van der Waals surface area contributed by atoms with Crippen LogP contribution >= 0.6 is 0 Å². The van der Waals surface area contributed by atoms with Gasteiger partial charge in [0.25, 0.3) is 0 Å². The summed E-state index contributed by atoms with van der Waals surface area (Å²) < 4.78 is 0. The van der Waals surface area contributed by atoms with Crippen LogP contribution in [0.25, 0.3) is 0 Å². The predicted octanol–water partition coefficient (Wildman–Crippen LogP) is 7.40. The van der Waals surface area contributed by atoms with Gasteiger partial charge in [0, 0.05) is 11.8 Å². The Bertz CT molecular complexity index is 839. The van der Waals surface area contributed by atoms with E-state index in [0.717, 1.165) is 32.1 Å². The van der Waals surface area contributed by atoms with E-state index >= 15 is 0 Å². The van der Waals surface area contributed by atoms with Gasteiger partial charge in [-0.2, -0.15) is 0 Å². The second-order valence-corrected chi connectivity index (χ2v) is 13.3. The van der Waals surface area contributed by atoms with E-state index < -0.39 is 5.97 Å². The van der Waals surface area contributed by atoms with E-state index in [1.807, 2.05) is 0 Å². The highest BCUT2D eigenvalue weighted by Gasteiger charge is 2.81. The molecule has 3 heteroatoms. The monoisotopic (exact) mass is 456 g/mol. The first-order valence-electron chi connectivity index (χ1n) is 13.5. The van der Waals surface area contributed by atoms with Gasteiger partial charge in [0.2, 0.25) is 0 Å². The smallest absolute Gasteiger partial charge is 0.303 e. The largest absolute Gasteiger partial charge is 0.481 e. The topological polar surface area (TPSA) is 57.5 Å². The van der Waals surface area contributed by atoms with Gasteiger partial charge in [-0.05, 0) is 118 Å². The molecule has 186 valence electrons. The van der Waals surface area contributed by atoms with E-state index in [9.17, 15) is 15.0 Å². The fourth-order valence-corrected chi connectivity index (χ4v) is 10.1. The Morgan fingerprint density at radius 1 is 1.18 bits per heavy atom. The van der Waals surface area contributed by atoms with Gasteiger partial charge in [-0.15, -0.1) is 0 Å². The van der Waals surface area contributed by atoms with Gasteiger partial charge in [0.15, 0.2) is 0 Å². The molecule has 33 heavy (non-hydrogen) atoms. The Hall–Kier alpha value is -1.09. The van der Waals surface area contributed by atoms with Crippen LogP contribution in [0.4, 0.5) is 0 Å². The number of carbonyl (C=O) groups is 1. The lowest BCUT2D eigenvalue weighted by Gasteiger charge is -2.63. The van der Waals surface area contributed by atoms with Crippen molar-refractivity contribution in [2.75, 3.05) is 0 Å². The molecule has 0 bridgehead atoms. The van der Waals surface area contributed by atoms with Crippen LogP contribution in [-0.2, 0) is 4.79 Å². The van der Waals surface area contributed by atoms with Gasteiger partial charge in [0.05, 0.1) is 6.10 Å². The lowest BCUT2D eigenvalue weighted by molar-refractivity contribution is -0.187. The normalized spacial score (nSPS) is 46.5. The minimum absolute atomic E-state index is 0.0403. The van der Waals surface area contributed by atoms with Crippen molar-refractivity contribution in [2.24, 2.45) is 45.3 Å². The fourth-order valence-electron chi connectivity index (χ4n) is 10.1. The fraction of sp³-hybridized carbons (Fsp3) is 0.833. The minimum atomic E-state index is -0.687. The minimum Gasteiger partial charge on any atom is -0.481 e. The summed E-state index contributed by atoms with van der Waals surface area (Å²) in [6.07, 6.45) is 12.1. The zero-order valence-electron chi connectivity index (χ0n) is 22.0. The average Bonchev–Trinajstić information content (AvgIpc) is 3.29. The molecule has 1 spiro atoms. The number of hydrogen-bond donors (Lipinski definition) is 2. The molecule has 4 fully saturated rings. The van der Waals surface area contributed by atoms with E-state index in [4.69, 9.17) is 0 Å². The van der Waals surface area contributed by atoms with Crippen molar-refractivity contribution in [3.05, 3.63) is 23.8 Å². The lowest BCUT2D eigenvalue weighted by Crippen LogP contribution is -2.60. The summed E-state index contributed by atoms with van der Waals surface area (Å²) in [5.74, 6) is 1.49. The summed E-state index contributed by atoms with van der Waals surface area (Å²) in [4.78, 5) is 11.6. The van der Waals surface area contributed by atoms with E-state index in [2.05, 4.69) is 54.2 Å². The summed E-state index contributed by atoms with van der Waals surface area (Å²) in [7, 11) is 0. The third kappa shape index (κ3) is 3.42. The first-order valence-corrected chi connectivity index (χ1v) is 13.5. The number of carboxylic acids is 1. The van der Waals surface area contributed by atoms with Crippen molar-refractivity contribution in [3.63, 3.8) is 0 Å². The highest BCUT2D eigenvalue weighted by Crippen LogP contribution is 2.87. The molecular weight excluding hydrogens is 408 g/mol. The third-order valence-corrected chi connectivity index (χ3v) is 11.8. The van der Waals surface area contributed by atoms with Gasteiger partial charge in [-0.25, -0.2) is 0 Å². The van der Waals surface area contributed by atoms with Crippen molar-refractivity contribution in [2.45, 2.75) is 112 Å². The highest BCUT2D eigenvalue weighted by atomic mass is 16.4. The summed E-state index contributed by atoms with van der Waals surface area (Å²) in [6.45, 7) is 18.2. The van der Waals surface area contributed by atoms with E-state index in [1.165, 1.54) is 36.8 Å². The first-order chi connectivity index (χ1) is 15.4. The Labute approximate surface area is 202 Å². The van der Waals surface area contributed by atoms with Crippen molar-refractivity contribution in [1.82, 2.24) is 0 Å². The SMILES string of the molecule is C=C(C)C1CC[C@@H]2[C@]3(C[C@@H](O)[C@]4(C)[C@@H]([C@H](C)CCC=C(C)C)CC[C@@]24C)C[C@]13CCC(=O)O. The Morgan fingerprint density at radius 2 is 1.88 bits per heavy atom. The number of carboxylic acid groups (broad SMARTS) is 1. The highest BCUT2D eigenvalue weighted by molar-refractivity contribution is 5.67. The van der Waals surface area contributed by atoms with Crippen LogP contribution in [0.15, 0.2) is 23.8 Å². The molecule has 2 N–H and O–H groups in total. The molecule has 1 unspecified atom stereocenters. The molecule has 0 heterocycles. The summed E-state index contributed by atoms with van der Waals surface area (Å²) >= 11 is 0. The van der Waals surface area contributed by atoms with Crippen LogP contribution in [0.5, 0.6) is 0 Å². The second-order valence-electron chi connectivity index (χ2n) is 13.3. The quantitative estimate of drug-likeness (QED) is 0.374. The molecule has 0 aromatic heterocycles. The van der Waals surface area contributed by atoms with Crippen molar-refractivity contribution in [3.8, 4) is 0 Å². The molecular formula is C30H48O3. The zero-order chi connectivity index (χ0) is 24.4. The summed E-state index contributed by atoms with van der Waals surface area (Å²) in [6, 6.07) is 0. The Morgan fingerprint density at radius 3 is 2.48 bits per heavy atom. The number of fused-ring (bicyclic) bond motifs is 2. The van der Waals surface area contributed by atoms with Gasteiger partial charge in [0.1, 0.15) is 0 Å². The molecule has 3 nitrogen and oxygen atoms in total. The number of aliphatic hydroxyl groups excluding tert-OH is 1. The van der Waals surface area contributed by atoms with Crippen LogP contribution in [0.1, 0.15) is 106 Å². The molecule has 0 aromatic rings. The predicted molar refractivity (Wildman–Crippen MR) is 135 cm³/mol. The Balaban J connectivity index is 1.65. The molecule has 4 saturated carbocycles. The standard InChI is InChI=1S/C30H48O3/c1-19(2)9-8-10-21(5)23-13-15-27(6)24-12-11-22(20(3)4)29(16-14-26(32)33)18-30(24,29)17-25(31)28(23,27)7/h9,21-25,31H,3,8,10-18H2,1-2,4-7H3,(H,32,33)/t21-,22?,23-,24+,25-,27+,28+,29-,30+/m1/s1. The molecule has 9 atom stereocenters. The van der Waals surface area contributed by atoms with Gasteiger partial charge >= 0.3 is 5.97 Å². The molecule has 0 saturated heterocycles. The first kappa shape index (κ1) is 25.0. The zero-order valence-corrected chi connectivity index (χ0v) is 22.0. The molecule has 0 amide bonds. The molecule has 0 aliphatic heterocycles. The van der Waals surface area contributed by atoms with Crippen LogP contribution in [-0.4, -0.2) is 22.3 Å². The molecule has 4 aliphatic rings. The molecule has 4 rings (SSSR count). The van der Waals surface area contributed by atoms with Crippen molar-refractivity contribution in [1.29, 1.82) is 0 Å². The number of hydrogen-bond acceptors (Lipinski definition) is 2. The van der Waals surface area contributed by atoms with Crippen molar-refractivity contribution < 1.29 is 15.0 Å². The second kappa shape index (κ2) is 8.25. The van der Waals surface area contributed by atoms with Gasteiger partial charge in [-0.3, -0.25) is 4.79 Å². The average molecular weight is 457 g/mol. The number of allylic oxidation sites excluding steroid dienone is 3. The van der Waals surface area contributed by atoms with Crippen molar-refractivity contribution >= 4 is 5.97 Å². The number of aliphatic carboxylic acids is 1. The van der Waals surface area contributed by atoms with Gasteiger partial charge in [-0.1, -0.05) is 44.6 Å². The summed E-state index contributed by atoms with van der Waals surface area (Å²) in [5.41, 5.74) is 2.85. The summed E-state index contributed by atoms with van der Waals surface area (Å²) in [5, 5.41) is 21.4. The van der Waals surface area contributed by atoms with E-state index in [-0.39, 0.29) is 34.2 Å². The maximum absolute atomic E-state index is 11.9. The molecule has 0 aromatic carbocycles. The maximum atomic E-state index is 11.9.